The molecular weight excluding hydrogens is 486 g/mol. The van der Waals surface area contributed by atoms with E-state index in [1.165, 1.54) is 6.33 Å². The third-order valence-corrected chi connectivity index (χ3v) is 16.9. The van der Waals surface area contributed by atoms with E-state index in [0.29, 0.717) is 22.4 Å². The Morgan fingerprint density at radius 2 is 1.72 bits per heavy atom. The quantitative estimate of drug-likeness (QED) is 0.393. The van der Waals surface area contributed by atoms with Crippen LogP contribution >= 0.6 is 0 Å². The molecule has 0 aromatic carbocycles. The second kappa shape index (κ2) is 8.74. The molecule has 1 fully saturated rings. The zero-order valence-electron chi connectivity index (χ0n) is 23.2. The van der Waals surface area contributed by atoms with Crippen LogP contribution in [0.1, 0.15) is 53.3 Å². The SMILES string of the molecule is C#C[C@@]1(O[Si](C)(C)C(C)(C)C)C(O[Si](C)(C)C(C)(C)C)C(=C)O[C@H]1n1cc(C#N)c2c(N)ncnc21. The molecule has 3 atom stereocenters. The molecule has 0 amide bonds. The fraction of sp³-hybridized carbons (Fsp3) is 0.577. The smallest absolute Gasteiger partial charge is 0.219 e. The van der Waals surface area contributed by atoms with Crippen LogP contribution in [-0.2, 0) is 13.6 Å². The largest absolute Gasteiger partial charge is 0.468 e. The second-order valence-electron chi connectivity index (χ2n) is 12.5. The molecule has 0 spiro atoms. The Bertz CT molecular complexity index is 1270. The minimum Gasteiger partial charge on any atom is -0.468 e. The molecule has 0 bridgehead atoms. The average molecular weight is 526 g/mol. The van der Waals surface area contributed by atoms with Crippen LogP contribution in [0, 0.1) is 23.7 Å². The number of nitrogens with zero attached hydrogens (tertiary/aromatic N) is 4. The van der Waals surface area contributed by atoms with Gasteiger partial charge in [-0.2, -0.15) is 5.26 Å². The Morgan fingerprint density at radius 3 is 2.22 bits per heavy atom. The number of hydrogen-bond acceptors (Lipinski definition) is 7. The molecule has 1 aliphatic heterocycles. The number of nitrogen functional groups attached to an aromatic ring is 1. The lowest BCUT2D eigenvalue weighted by Gasteiger charge is -2.47. The standard InChI is InChI=1S/C26H39N5O3Si2/c1-13-26(34-36(11,12)25(6,7)8)20(33-35(9,10)24(3,4)5)17(2)32-23(26)31-15-18(14-27)19-21(28)29-16-30-22(19)31/h1,15-16,20,23H,2H2,3-12H3,(H2,28,29,30)/t20?,23-,26-/m1/s1. The molecule has 1 saturated heterocycles. The molecule has 36 heavy (non-hydrogen) atoms. The van der Waals surface area contributed by atoms with Crippen LogP contribution in [0.15, 0.2) is 24.9 Å². The summed E-state index contributed by atoms with van der Waals surface area (Å²) in [6.45, 7) is 25.8. The van der Waals surface area contributed by atoms with Gasteiger partial charge in [0.1, 0.15) is 35.7 Å². The highest BCUT2D eigenvalue weighted by Gasteiger charge is 2.62. The van der Waals surface area contributed by atoms with Crippen molar-refractivity contribution >= 4 is 33.5 Å². The van der Waals surface area contributed by atoms with Gasteiger partial charge >= 0.3 is 0 Å². The molecule has 194 valence electrons. The molecule has 8 nitrogen and oxygen atoms in total. The summed E-state index contributed by atoms with van der Waals surface area (Å²) >= 11 is 0. The van der Waals surface area contributed by atoms with E-state index >= 15 is 0 Å². The maximum atomic E-state index is 9.83. The molecule has 2 N–H and O–H groups in total. The van der Waals surface area contributed by atoms with Crippen molar-refractivity contribution in [1.29, 1.82) is 5.26 Å². The number of terminal acetylenes is 1. The van der Waals surface area contributed by atoms with Crippen molar-refractivity contribution in [3.8, 4) is 18.4 Å². The fourth-order valence-electron chi connectivity index (χ4n) is 3.78. The van der Waals surface area contributed by atoms with Crippen LogP contribution in [-0.4, -0.2) is 42.9 Å². The molecule has 0 radical (unpaired) electrons. The van der Waals surface area contributed by atoms with Gasteiger partial charge in [0.2, 0.25) is 11.8 Å². The second-order valence-corrected chi connectivity index (χ2v) is 22.0. The zero-order chi connectivity index (χ0) is 27.5. The Balaban J connectivity index is 2.31. The Morgan fingerprint density at radius 1 is 1.14 bits per heavy atom. The maximum Gasteiger partial charge on any atom is 0.219 e. The first-order valence-electron chi connectivity index (χ1n) is 12.1. The predicted octanol–water partition coefficient (Wildman–Crippen LogP) is 5.71. The Labute approximate surface area is 217 Å². The van der Waals surface area contributed by atoms with Crippen molar-refractivity contribution in [1.82, 2.24) is 14.5 Å². The lowest BCUT2D eigenvalue weighted by atomic mass is 9.97. The number of nitrogens with two attached hydrogens (primary N) is 1. The Kier molecular flexibility index (Phi) is 6.78. The first-order chi connectivity index (χ1) is 16.3. The fourth-order valence-corrected chi connectivity index (χ4v) is 6.44. The number of aromatic nitrogens is 3. The highest BCUT2D eigenvalue weighted by molar-refractivity contribution is 6.74. The molecule has 0 aliphatic carbocycles. The topological polar surface area (TPSA) is 108 Å². The predicted molar refractivity (Wildman–Crippen MR) is 148 cm³/mol. The number of fused-ring (bicyclic) bond motifs is 1. The number of ether oxygens (including phenoxy) is 1. The third kappa shape index (κ3) is 4.37. The summed E-state index contributed by atoms with van der Waals surface area (Å²) in [5, 5.41) is 10.0. The maximum absolute atomic E-state index is 9.83. The van der Waals surface area contributed by atoms with E-state index in [9.17, 15) is 5.26 Å². The molecule has 1 unspecified atom stereocenters. The first kappa shape index (κ1) is 27.9. The van der Waals surface area contributed by atoms with Crippen molar-refractivity contribution in [3.05, 3.63) is 30.4 Å². The normalized spacial score (nSPS) is 23.4. The molecule has 10 heteroatoms. The van der Waals surface area contributed by atoms with E-state index in [1.54, 1.807) is 10.8 Å². The number of hydrogen-bond donors (Lipinski definition) is 1. The highest BCUT2D eigenvalue weighted by Crippen LogP contribution is 2.52. The number of rotatable bonds is 5. The highest BCUT2D eigenvalue weighted by atomic mass is 28.4. The van der Waals surface area contributed by atoms with Gasteiger partial charge in [-0.1, -0.05) is 54.0 Å². The van der Waals surface area contributed by atoms with Gasteiger partial charge in [-0.25, -0.2) is 9.97 Å². The Hall–Kier alpha value is -2.64. The van der Waals surface area contributed by atoms with E-state index in [0.717, 1.165) is 0 Å². The van der Waals surface area contributed by atoms with Gasteiger partial charge < -0.3 is 19.3 Å². The van der Waals surface area contributed by atoms with Crippen LogP contribution in [0.5, 0.6) is 0 Å². The van der Waals surface area contributed by atoms with Gasteiger partial charge in [0.05, 0.1) is 10.9 Å². The zero-order valence-corrected chi connectivity index (χ0v) is 25.2. The summed E-state index contributed by atoms with van der Waals surface area (Å²) in [5.41, 5.74) is 5.54. The van der Waals surface area contributed by atoms with Crippen molar-refractivity contribution < 1.29 is 13.6 Å². The van der Waals surface area contributed by atoms with E-state index in [1.807, 2.05) is 0 Å². The van der Waals surface area contributed by atoms with Crippen LogP contribution in [0.25, 0.3) is 11.0 Å². The van der Waals surface area contributed by atoms with Gasteiger partial charge in [0.15, 0.2) is 16.6 Å². The minimum atomic E-state index is -2.47. The first-order valence-corrected chi connectivity index (χ1v) is 17.9. The molecule has 0 saturated carbocycles. The monoisotopic (exact) mass is 525 g/mol. The van der Waals surface area contributed by atoms with E-state index in [4.69, 9.17) is 25.7 Å². The van der Waals surface area contributed by atoms with Crippen molar-refractivity contribution in [2.24, 2.45) is 0 Å². The summed E-state index contributed by atoms with van der Waals surface area (Å²) in [4.78, 5) is 8.50. The average Bonchev–Trinajstić information content (AvgIpc) is 3.23. The van der Waals surface area contributed by atoms with E-state index in [2.05, 4.69) is 96.3 Å². The van der Waals surface area contributed by atoms with Gasteiger partial charge in [-0.3, -0.25) is 4.57 Å². The van der Waals surface area contributed by atoms with Gasteiger partial charge in [0.25, 0.3) is 0 Å². The van der Waals surface area contributed by atoms with E-state index < -0.39 is 34.6 Å². The van der Waals surface area contributed by atoms with Crippen molar-refractivity contribution in [2.75, 3.05) is 5.73 Å². The summed E-state index contributed by atoms with van der Waals surface area (Å²) in [5.74, 6) is 3.56. The minimum absolute atomic E-state index is 0.0848. The number of nitriles is 1. The summed E-state index contributed by atoms with van der Waals surface area (Å²) in [7, 11) is -4.82. The number of anilines is 1. The molecule has 1 aliphatic rings. The molecule has 3 rings (SSSR count). The van der Waals surface area contributed by atoms with Crippen LogP contribution in [0.2, 0.25) is 36.3 Å². The molecular formula is C26H39N5O3Si2. The van der Waals surface area contributed by atoms with Crippen molar-refractivity contribution in [3.63, 3.8) is 0 Å². The third-order valence-electron chi connectivity index (χ3n) is 8.00. The summed E-state index contributed by atoms with van der Waals surface area (Å²) < 4.78 is 22.1. The van der Waals surface area contributed by atoms with Gasteiger partial charge in [-0.15, -0.1) is 6.42 Å². The molecule has 2 aromatic heterocycles. The summed E-state index contributed by atoms with van der Waals surface area (Å²) in [6.07, 6.45) is 7.77. The van der Waals surface area contributed by atoms with Gasteiger partial charge in [0, 0.05) is 6.20 Å². The van der Waals surface area contributed by atoms with Crippen LogP contribution in [0.4, 0.5) is 5.82 Å². The lowest BCUT2D eigenvalue weighted by Crippen LogP contribution is -2.59. The lowest BCUT2D eigenvalue weighted by molar-refractivity contribution is -0.0502. The van der Waals surface area contributed by atoms with Gasteiger partial charge in [-0.05, 0) is 36.3 Å². The molecule has 3 heterocycles. The summed E-state index contributed by atoms with van der Waals surface area (Å²) in [6, 6.07) is 2.19. The van der Waals surface area contributed by atoms with Crippen LogP contribution < -0.4 is 5.73 Å². The van der Waals surface area contributed by atoms with E-state index in [-0.39, 0.29) is 15.9 Å². The molecule has 2 aromatic rings. The van der Waals surface area contributed by atoms with Crippen LogP contribution in [0.3, 0.4) is 0 Å². The van der Waals surface area contributed by atoms with Crippen molar-refractivity contribution in [2.45, 2.75) is 95.7 Å².